The molecule has 1 saturated heterocycles. The molecule has 6 nitrogen and oxygen atoms in total. The SMILES string of the molecule is COc1ccc(CN2C(=O)CSCC2(C)C(=O)NCc2ccccc2)cc1OC. The highest BCUT2D eigenvalue weighted by atomic mass is 32.2. The lowest BCUT2D eigenvalue weighted by molar-refractivity contribution is -0.145. The zero-order chi connectivity index (χ0) is 20.9. The molecule has 29 heavy (non-hydrogen) atoms. The number of benzene rings is 2. The first kappa shape index (κ1) is 21.0. The molecule has 1 aliphatic heterocycles. The van der Waals surface area contributed by atoms with Gasteiger partial charge in [0.2, 0.25) is 11.8 Å². The van der Waals surface area contributed by atoms with E-state index in [1.165, 1.54) is 11.8 Å². The predicted molar refractivity (Wildman–Crippen MR) is 114 cm³/mol. The van der Waals surface area contributed by atoms with Gasteiger partial charge in [0.15, 0.2) is 11.5 Å². The molecule has 3 rings (SSSR count). The summed E-state index contributed by atoms with van der Waals surface area (Å²) in [6.45, 7) is 2.59. The Balaban J connectivity index is 1.79. The molecule has 2 amide bonds. The van der Waals surface area contributed by atoms with Crippen molar-refractivity contribution in [1.29, 1.82) is 0 Å². The fraction of sp³-hybridized carbons (Fsp3) is 0.364. The van der Waals surface area contributed by atoms with Gasteiger partial charge in [-0.3, -0.25) is 9.59 Å². The molecule has 154 valence electrons. The van der Waals surface area contributed by atoms with Crippen LogP contribution in [0.25, 0.3) is 0 Å². The van der Waals surface area contributed by atoms with Crippen LogP contribution in [0.15, 0.2) is 48.5 Å². The predicted octanol–water partition coefficient (Wildman–Crippen LogP) is 2.85. The van der Waals surface area contributed by atoms with E-state index in [1.807, 2.05) is 55.5 Å². The largest absolute Gasteiger partial charge is 0.493 e. The maximum absolute atomic E-state index is 13.1. The molecule has 1 atom stereocenters. The molecular formula is C22H26N2O4S. The van der Waals surface area contributed by atoms with Crippen molar-refractivity contribution in [3.8, 4) is 11.5 Å². The van der Waals surface area contributed by atoms with Crippen LogP contribution in [-0.4, -0.2) is 48.0 Å². The van der Waals surface area contributed by atoms with E-state index in [1.54, 1.807) is 19.1 Å². The topological polar surface area (TPSA) is 67.9 Å². The van der Waals surface area contributed by atoms with E-state index in [0.717, 1.165) is 11.1 Å². The Bertz CT molecular complexity index is 874. The molecule has 0 aliphatic carbocycles. The van der Waals surface area contributed by atoms with Gasteiger partial charge in [0.25, 0.3) is 0 Å². The number of hydrogen-bond donors (Lipinski definition) is 1. The van der Waals surface area contributed by atoms with Crippen LogP contribution in [0.5, 0.6) is 11.5 Å². The van der Waals surface area contributed by atoms with Crippen LogP contribution in [0.4, 0.5) is 0 Å². The standard InChI is InChI=1S/C22H26N2O4S/c1-22(21(26)23-12-16-7-5-4-6-8-16)15-29-14-20(25)24(22)13-17-9-10-18(27-2)19(11-17)28-3/h4-11H,12-15H2,1-3H3,(H,23,26). The number of methoxy groups -OCH3 is 2. The molecule has 1 heterocycles. The Morgan fingerprint density at radius 2 is 1.83 bits per heavy atom. The summed E-state index contributed by atoms with van der Waals surface area (Å²) < 4.78 is 10.7. The Hall–Kier alpha value is -2.67. The lowest BCUT2D eigenvalue weighted by atomic mass is 9.99. The fourth-order valence-electron chi connectivity index (χ4n) is 3.35. The summed E-state index contributed by atoms with van der Waals surface area (Å²) in [6, 6.07) is 15.3. The number of carbonyl (C=O) groups excluding carboxylic acids is 2. The number of hydrogen-bond acceptors (Lipinski definition) is 5. The summed E-state index contributed by atoms with van der Waals surface area (Å²) >= 11 is 1.49. The third-order valence-electron chi connectivity index (χ3n) is 5.08. The molecule has 0 bridgehead atoms. The first-order chi connectivity index (χ1) is 14.0. The first-order valence-corrected chi connectivity index (χ1v) is 10.5. The second-order valence-electron chi connectivity index (χ2n) is 7.10. The number of nitrogens with one attached hydrogen (secondary N) is 1. The van der Waals surface area contributed by atoms with E-state index in [2.05, 4.69) is 5.32 Å². The van der Waals surface area contributed by atoms with E-state index in [9.17, 15) is 9.59 Å². The van der Waals surface area contributed by atoms with Gasteiger partial charge >= 0.3 is 0 Å². The van der Waals surface area contributed by atoms with Crippen molar-refractivity contribution in [1.82, 2.24) is 10.2 Å². The summed E-state index contributed by atoms with van der Waals surface area (Å²) in [6.07, 6.45) is 0. The van der Waals surface area contributed by atoms with E-state index in [-0.39, 0.29) is 11.8 Å². The Morgan fingerprint density at radius 3 is 2.52 bits per heavy atom. The van der Waals surface area contributed by atoms with E-state index in [4.69, 9.17) is 9.47 Å². The highest BCUT2D eigenvalue weighted by molar-refractivity contribution is 8.00. The molecule has 0 aromatic heterocycles. The third kappa shape index (κ3) is 4.67. The van der Waals surface area contributed by atoms with Gasteiger partial charge < -0.3 is 19.7 Å². The Morgan fingerprint density at radius 1 is 1.10 bits per heavy atom. The second kappa shape index (κ2) is 9.22. The van der Waals surface area contributed by atoms with Crippen molar-refractivity contribution in [2.45, 2.75) is 25.6 Å². The molecule has 1 unspecified atom stereocenters. The zero-order valence-corrected chi connectivity index (χ0v) is 17.8. The van der Waals surface area contributed by atoms with Crippen LogP contribution in [0.1, 0.15) is 18.1 Å². The van der Waals surface area contributed by atoms with Gasteiger partial charge in [-0.25, -0.2) is 0 Å². The minimum absolute atomic E-state index is 0.0478. The number of ether oxygens (including phenoxy) is 2. The van der Waals surface area contributed by atoms with E-state index >= 15 is 0 Å². The molecule has 7 heteroatoms. The van der Waals surface area contributed by atoms with Crippen molar-refractivity contribution < 1.29 is 19.1 Å². The molecule has 2 aromatic carbocycles. The molecular weight excluding hydrogens is 388 g/mol. The average Bonchev–Trinajstić information content (AvgIpc) is 2.75. The lowest BCUT2D eigenvalue weighted by Gasteiger charge is -2.43. The Kier molecular flexibility index (Phi) is 6.69. The minimum atomic E-state index is -0.929. The van der Waals surface area contributed by atoms with Crippen LogP contribution in [0.3, 0.4) is 0 Å². The van der Waals surface area contributed by atoms with Gasteiger partial charge in [0.1, 0.15) is 5.54 Å². The molecule has 0 saturated carbocycles. The van der Waals surface area contributed by atoms with E-state index < -0.39 is 5.54 Å². The molecule has 2 aromatic rings. The first-order valence-electron chi connectivity index (χ1n) is 9.39. The summed E-state index contributed by atoms with van der Waals surface area (Å²) in [5.41, 5.74) is 0.970. The van der Waals surface area contributed by atoms with Crippen LogP contribution in [0, 0.1) is 0 Å². The summed E-state index contributed by atoms with van der Waals surface area (Å²) in [4.78, 5) is 27.5. The van der Waals surface area contributed by atoms with Gasteiger partial charge in [-0.1, -0.05) is 36.4 Å². The number of rotatable bonds is 7. The van der Waals surface area contributed by atoms with Gasteiger partial charge in [-0.2, -0.15) is 0 Å². The summed E-state index contributed by atoms with van der Waals surface area (Å²) in [7, 11) is 3.16. The van der Waals surface area contributed by atoms with Crippen molar-refractivity contribution >= 4 is 23.6 Å². The highest BCUT2D eigenvalue weighted by Gasteiger charge is 2.44. The van der Waals surface area contributed by atoms with Crippen molar-refractivity contribution in [3.05, 3.63) is 59.7 Å². The lowest BCUT2D eigenvalue weighted by Crippen LogP contribution is -2.62. The Labute approximate surface area is 175 Å². The molecule has 1 aliphatic rings. The monoisotopic (exact) mass is 414 g/mol. The maximum Gasteiger partial charge on any atom is 0.246 e. The molecule has 0 radical (unpaired) electrons. The number of amides is 2. The van der Waals surface area contributed by atoms with Gasteiger partial charge in [0.05, 0.1) is 20.0 Å². The quantitative estimate of drug-likeness (QED) is 0.755. The van der Waals surface area contributed by atoms with Crippen molar-refractivity contribution in [3.63, 3.8) is 0 Å². The smallest absolute Gasteiger partial charge is 0.246 e. The van der Waals surface area contributed by atoms with Crippen LogP contribution in [-0.2, 0) is 22.7 Å². The third-order valence-corrected chi connectivity index (χ3v) is 6.30. The zero-order valence-electron chi connectivity index (χ0n) is 16.9. The second-order valence-corrected chi connectivity index (χ2v) is 8.09. The normalized spacial score (nSPS) is 19.0. The maximum atomic E-state index is 13.1. The number of thioether (sulfide) groups is 1. The van der Waals surface area contributed by atoms with Crippen LogP contribution < -0.4 is 14.8 Å². The average molecular weight is 415 g/mol. The highest BCUT2D eigenvalue weighted by Crippen LogP contribution is 2.32. The van der Waals surface area contributed by atoms with Gasteiger partial charge in [-0.05, 0) is 30.2 Å². The van der Waals surface area contributed by atoms with E-state index in [0.29, 0.717) is 36.1 Å². The van der Waals surface area contributed by atoms with Gasteiger partial charge in [-0.15, -0.1) is 11.8 Å². The van der Waals surface area contributed by atoms with Crippen molar-refractivity contribution in [2.24, 2.45) is 0 Å². The molecule has 1 N–H and O–H groups in total. The summed E-state index contributed by atoms with van der Waals surface area (Å²) in [5.74, 6) is 1.94. The van der Waals surface area contributed by atoms with Crippen molar-refractivity contribution in [2.75, 3.05) is 25.7 Å². The number of nitrogens with zero attached hydrogens (tertiary/aromatic N) is 1. The fourth-order valence-corrected chi connectivity index (χ4v) is 4.47. The number of carbonyl (C=O) groups is 2. The molecule has 1 fully saturated rings. The van der Waals surface area contributed by atoms with Crippen LogP contribution >= 0.6 is 11.8 Å². The molecule has 0 spiro atoms. The van der Waals surface area contributed by atoms with Gasteiger partial charge in [0, 0.05) is 18.8 Å². The summed E-state index contributed by atoms with van der Waals surface area (Å²) in [5, 5.41) is 3.00. The van der Waals surface area contributed by atoms with Crippen LogP contribution in [0.2, 0.25) is 0 Å². The minimum Gasteiger partial charge on any atom is -0.493 e.